The number of tetrazole rings is 1. The average Bonchev–Trinajstić information content (AvgIpc) is 3.70. The number of H-pyrrole nitrogens is 1. The summed E-state index contributed by atoms with van der Waals surface area (Å²) in [7, 11) is 0. The summed E-state index contributed by atoms with van der Waals surface area (Å²) in [6.45, 7) is -6.17. The summed E-state index contributed by atoms with van der Waals surface area (Å²) in [6, 6.07) is 5.43. The number of nitrogens with one attached hydrogen (secondary N) is 1. The molecule has 1 atom stereocenters. The van der Waals surface area contributed by atoms with Gasteiger partial charge >= 0.3 is 13.2 Å². The number of hydrogen-bond acceptors (Lipinski definition) is 7. The number of pyridine rings is 1. The van der Waals surface area contributed by atoms with Crippen molar-refractivity contribution in [2.45, 2.75) is 25.6 Å². The largest absolute Gasteiger partial charge is 0.345 e. The molecule has 11 nitrogen and oxygen atoms in total. The van der Waals surface area contributed by atoms with Crippen LogP contribution in [0.1, 0.15) is 24.7 Å². The Labute approximate surface area is 220 Å². The first-order valence-electron chi connectivity index (χ1n) is 11.2. The summed E-state index contributed by atoms with van der Waals surface area (Å²) >= 11 is 6.03. The Morgan fingerprint density at radius 1 is 1.03 bits per heavy atom. The molecular weight excluding hydrogens is 551 g/mol. The number of halogens is 6. The minimum absolute atomic E-state index is 0.0357. The molecule has 0 aliphatic heterocycles. The molecule has 202 valence electrons. The van der Waals surface area contributed by atoms with E-state index in [1.165, 1.54) is 40.3 Å². The maximum Gasteiger partial charge on any atom is 0.345 e. The molecule has 39 heavy (non-hydrogen) atoms. The molecule has 1 aromatic carbocycles. The third kappa shape index (κ3) is 5.61. The summed E-state index contributed by atoms with van der Waals surface area (Å²) in [5.41, 5.74) is 1.76. The zero-order valence-electron chi connectivity index (χ0n) is 19.5. The number of ether oxygens (including phenoxy) is 1. The lowest BCUT2D eigenvalue weighted by Gasteiger charge is -2.18. The molecule has 0 amide bonds. The first kappa shape index (κ1) is 26.3. The van der Waals surface area contributed by atoms with Crippen LogP contribution < -0.4 is 4.68 Å². The van der Waals surface area contributed by atoms with E-state index in [2.05, 4.69) is 40.7 Å². The van der Waals surface area contributed by atoms with E-state index < -0.39 is 25.0 Å². The minimum atomic E-state index is -2.97. The molecule has 0 spiro atoms. The van der Waals surface area contributed by atoms with Crippen molar-refractivity contribution >= 4 is 11.6 Å². The van der Waals surface area contributed by atoms with Crippen LogP contribution in [-0.2, 0) is 4.74 Å². The van der Waals surface area contributed by atoms with Crippen molar-refractivity contribution < 1.29 is 31.4 Å². The number of rotatable bonds is 10. The molecule has 17 heteroatoms. The third-order valence-electron chi connectivity index (χ3n) is 5.69. The zero-order valence-corrected chi connectivity index (χ0v) is 20.3. The molecule has 0 saturated heterocycles. The predicted octanol–water partition coefficient (Wildman–Crippen LogP) is 4.00. The molecule has 0 bridgehead atoms. The van der Waals surface area contributed by atoms with Gasteiger partial charge in [-0.05, 0) is 24.6 Å². The van der Waals surface area contributed by atoms with E-state index in [1.807, 2.05) is 0 Å². The van der Waals surface area contributed by atoms with Crippen LogP contribution in [0.25, 0.3) is 28.1 Å². The second-order valence-electron chi connectivity index (χ2n) is 8.03. The molecule has 4 aromatic heterocycles. The van der Waals surface area contributed by atoms with Crippen LogP contribution in [0, 0.1) is 5.82 Å². The number of aromatic nitrogens is 10. The molecule has 0 radical (unpaired) electrons. The molecule has 0 saturated carbocycles. The van der Waals surface area contributed by atoms with E-state index in [0.29, 0.717) is 27.2 Å². The molecule has 5 rings (SSSR count). The molecule has 1 N–H and O–H groups in total. The number of alkyl halides is 4. The minimum Gasteiger partial charge on any atom is -0.323 e. The highest BCUT2D eigenvalue weighted by Gasteiger charge is 2.23. The van der Waals surface area contributed by atoms with Crippen molar-refractivity contribution in [2.75, 3.05) is 6.61 Å². The van der Waals surface area contributed by atoms with Gasteiger partial charge in [0.05, 0.1) is 41.3 Å². The summed E-state index contributed by atoms with van der Waals surface area (Å²) in [5, 5.41) is 21.1. The highest BCUT2D eigenvalue weighted by molar-refractivity contribution is 6.31. The molecule has 0 aliphatic rings. The number of aromatic amines is 1. The zero-order chi connectivity index (χ0) is 27.5. The van der Waals surface area contributed by atoms with Crippen molar-refractivity contribution in [3.8, 4) is 28.1 Å². The SMILES string of the molecule is Fc1c(Cl)ccc(-[n+]2cnn[nH]2)c1-c1ccc([C@@H](CCOC(F)F)n2cc(-c3cn(C(F)F)nn3)cn2)nc1. The Morgan fingerprint density at radius 3 is 2.54 bits per heavy atom. The van der Waals surface area contributed by atoms with Gasteiger partial charge in [0, 0.05) is 23.5 Å². The van der Waals surface area contributed by atoms with Crippen molar-refractivity contribution in [3.05, 3.63) is 71.9 Å². The Kier molecular flexibility index (Phi) is 7.56. The maximum absolute atomic E-state index is 15.1. The number of benzene rings is 1. The summed E-state index contributed by atoms with van der Waals surface area (Å²) in [6.07, 6.45) is 6.71. The van der Waals surface area contributed by atoms with Crippen LogP contribution in [0.3, 0.4) is 0 Å². The van der Waals surface area contributed by atoms with Crippen molar-refractivity contribution in [2.24, 2.45) is 0 Å². The highest BCUT2D eigenvalue weighted by Crippen LogP contribution is 2.32. The lowest BCUT2D eigenvalue weighted by atomic mass is 10.0. The van der Waals surface area contributed by atoms with Gasteiger partial charge < -0.3 is 4.74 Å². The van der Waals surface area contributed by atoms with Gasteiger partial charge in [0.25, 0.3) is 6.33 Å². The fourth-order valence-electron chi connectivity index (χ4n) is 3.89. The van der Waals surface area contributed by atoms with E-state index in [4.69, 9.17) is 11.6 Å². The summed E-state index contributed by atoms with van der Waals surface area (Å²) in [4.78, 5) is 4.44. The van der Waals surface area contributed by atoms with Gasteiger partial charge in [0.15, 0.2) is 11.0 Å². The Hall–Kier alpha value is -4.31. The highest BCUT2D eigenvalue weighted by atomic mass is 35.5. The summed E-state index contributed by atoms with van der Waals surface area (Å²) in [5.74, 6) is -0.693. The summed E-state index contributed by atoms with van der Waals surface area (Å²) < 4.78 is 73.8. The quantitative estimate of drug-likeness (QED) is 0.200. The van der Waals surface area contributed by atoms with Gasteiger partial charge in [0.1, 0.15) is 16.5 Å². The van der Waals surface area contributed by atoms with Crippen LogP contribution in [-0.4, -0.2) is 58.5 Å². The van der Waals surface area contributed by atoms with E-state index in [1.54, 1.807) is 18.2 Å². The first-order chi connectivity index (χ1) is 18.8. The molecule has 0 fully saturated rings. The van der Waals surface area contributed by atoms with Crippen LogP contribution >= 0.6 is 11.6 Å². The van der Waals surface area contributed by atoms with Gasteiger partial charge in [-0.1, -0.05) is 28.1 Å². The molecular formula is C22H17ClF5N10O+. The average molecular weight is 568 g/mol. The third-order valence-corrected chi connectivity index (χ3v) is 5.98. The van der Waals surface area contributed by atoms with Crippen molar-refractivity contribution in [1.82, 2.24) is 45.3 Å². The second-order valence-corrected chi connectivity index (χ2v) is 8.44. The Balaban J connectivity index is 1.48. The van der Waals surface area contributed by atoms with Gasteiger partial charge in [0.2, 0.25) is 0 Å². The maximum atomic E-state index is 15.1. The fourth-order valence-corrected chi connectivity index (χ4v) is 4.05. The van der Waals surface area contributed by atoms with Crippen LogP contribution in [0.4, 0.5) is 22.0 Å². The van der Waals surface area contributed by atoms with Crippen molar-refractivity contribution in [1.29, 1.82) is 0 Å². The molecule has 0 unspecified atom stereocenters. The van der Waals surface area contributed by atoms with Gasteiger partial charge in [-0.3, -0.25) is 9.67 Å². The second kappa shape index (κ2) is 11.2. The van der Waals surface area contributed by atoms with Gasteiger partial charge in [-0.15, -0.1) is 9.78 Å². The smallest absolute Gasteiger partial charge is 0.323 e. The van der Waals surface area contributed by atoms with Gasteiger partial charge in [-0.25, -0.2) is 4.39 Å². The van der Waals surface area contributed by atoms with Crippen LogP contribution in [0.2, 0.25) is 5.02 Å². The van der Waals surface area contributed by atoms with Crippen molar-refractivity contribution in [3.63, 3.8) is 0 Å². The molecule has 4 heterocycles. The topological polar surface area (TPSA) is 116 Å². The van der Waals surface area contributed by atoms with E-state index in [9.17, 15) is 17.6 Å². The van der Waals surface area contributed by atoms with E-state index in [0.717, 1.165) is 6.20 Å². The van der Waals surface area contributed by atoms with Crippen LogP contribution in [0.5, 0.6) is 0 Å². The molecule has 5 aromatic rings. The van der Waals surface area contributed by atoms with Gasteiger partial charge in [-0.2, -0.15) is 27.3 Å². The number of hydrogen-bond donors (Lipinski definition) is 1. The van der Waals surface area contributed by atoms with Crippen LogP contribution in [0.15, 0.2) is 55.4 Å². The standard InChI is InChI=1S/C22H16ClF5N10O/c23-14-2-4-18(38-11-30-33-35-38)19(20(14)24)12-1-3-15(29-7-12)17(5-6-39-22(27)28)36-9-13(8-31-36)16-10-37(21(25)26)34-32-16/h1-4,7-11,17,21-22H,5-6H2/p+1/t17-/m1/s1. The van der Waals surface area contributed by atoms with E-state index >= 15 is 4.39 Å². The monoisotopic (exact) mass is 567 g/mol. The first-order valence-corrected chi connectivity index (χ1v) is 11.6. The Morgan fingerprint density at radius 2 is 1.87 bits per heavy atom. The predicted molar refractivity (Wildman–Crippen MR) is 123 cm³/mol. The lowest BCUT2D eigenvalue weighted by Crippen LogP contribution is -2.33. The Bertz CT molecular complexity index is 1540. The lowest BCUT2D eigenvalue weighted by molar-refractivity contribution is -0.659. The molecule has 0 aliphatic carbocycles. The number of nitrogens with zero attached hydrogens (tertiary/aromatic N) is 9. The van der Waals surface area contributed by atoms with E-state index in [-0.39, 0.29) is 29.3 Å². The fraction of sp³-hybridized carbons (Fsp3) is 0.227. The normalized spacial score (nSPS) is 12.5.